The minimum atomic E-state index is -0.885. The van der Waals surface area contributed by atoms with Crippen LogP contribution < -0.4 is 16.0 Å². The largest absolute Gasteiger partial charge is 0.391 e. The summed E-state index contributed by atoms with van der Waals surface area (Å²) in [6, 6.07) is -0.488. The Morgan fingerprint density at radius 2 is 2.00 bits per heavy atom. The van der Waals surface area contributed by atoms with Gasteiger partial charge in [-0.05, 0) is 30.6 Å². The van der Waals surface area contributed by atoms with Crippen LogP contribution in [0.1, 0.15) is 40.0 Å². The van der Waals surface area contributed by atoms with Gasteiger partial charge in [0.15, 0.2) is 0 Å². The first-order chi connectivity index (χ1) is 12.1. The fourth-order valence-corrected chi connectivity index (χ4v) is 5.02. The monoisotopic (exact) mass is 402 g/mol. The van der Waals surface area contributed by atoms with Gasteiger partial charge in [0.25, 0.3) is 5.91 Å². The van der Waals surface area contributed by atoms with Crippen molar-refractivity contribution in [3.05, 3.63) is 0 Å². The molecule has 4 atom stereocenters. The number of β-amino-alcohol motifs (C(OH)–C–C–N with tert-alkyl or cyclic N) is 1. The number of urea groups is 1. The van der Waals surface area contributed by atoms with E-state index in [2.05, 4.69) is 36.7 Å². The number of carbonyl (C=O) groups excluding carboxylic acids is 3. The van der Waals surface area contributed by atoms with Gasteiger partial charge in [0.1, 0.15) is 12.1 Å². The number of carbonyl (C=O) groups is 3. The second-order valence-electron chi connectivity index (χ2n) is 9.05. The SMILES string of the molecule is CC1CC(C)(C)CC2(C1)NC(=O)N(CC(=O)NCC1CNCC1O)C2=O.Cl. The van der Waals surface area contributed by atoms with Crippen LogP contribution in [0.25, 0.3) is 0 Å². The van der Waals surface area contributed by atoms with E-state index in [1.807, 2.05) is 0 Å². The number of rotatable bonds is 4. The van der Waals surface area contributed by atoms with Gasteiger partial charge in [0.05, 0.1) is 6.10 Å². The van der Waals surface area contributed by atoms with Gasteiger partial charge in [0, 0.05) is 25.6 Å². The van der Waals surface area contributed by atoms with Crippen molar-refractivity contribution in [3.8, 4) is 0 Å². The van der Waals surface area contributed by atoms with Crippen molar-refractivity contribution < 1.29 is 19.5 Å². The Morgan fingerprint density at radius 3 is 2.59 bits per heavy atom. The van der Waals surface area contributed by atoms with E-state index < -0.39 is 17.7 Å². The van der Waals surface area contributed by atoms with E-state index in [0.29, 0.717) is 38.4 Å². The third-order valence-electron chi connectivity index (χ3n) is 5.79. The number of amides is 4. The standard InChI is InChI=1S/C18H30N4O4.ClH/c1-11-4-17(2,3)10-18(5-11)15(25)22(16(26)21-18)9-14(24)20-7-12-6-19-8-13(12)23;/h11-13,19,23H,4-10H2,1-3H3,(H,20,24)(H,21,26);1H. The van der Waals surface area contributed by atoms with E-state index in [1.54, 1.807) is 0 Å². The lowest BCUT2D eigenvalue weighted by Crippen LogP contribution is -2.54. The highest BCUT2D eigenvalue weighted by molar-refractivity contribution is 6.09. The Hall–Kier alpha value is -1.38. The normalized spacial score (nSPS) is 35.1. The summed E-state index contributed by atoms with van der Waals surface area (Å²) in [4.78, 5) is 38.6. The third-order valence-corrected chi connectivity index (χ3v) is 5.79. The first-order valence-electron chi connectivity index (χ1n) is 9.41. The van der Waals surface area contributed by atoms with Crippen molar-refractivity contribution in [2.45, 2.75) is 51.7 Å². The molecule has 2 aliphatic heterocycles. The maximum Gasteiger partial charge on any atom is 0.325 e. The molecule has 0 aromatic heterocycles. The zero-order chi connectivity index (χ0) is 19.1. The molecule has 4 amide bonds. The molecule has 8 nitrogen and oxygen atoms in total. The molecule has 4 unspecified atom stereocenters. The first kappa shape index (κ1) is 21.9. The van der Waals surface area contributed by atoms with Crippen LogP contribution in [0, 0.1) is 17.3 Å². The number of nitrogens with one attached hydrogen (secondary N) is 3. The lowest BCUT2D eigenvalue weighted by Gasteiger charge is -2.43. The summed E-state index contributed by atoms with van der Waals surface area (Å²) in [6.07, 6.45) is 1.73. The summed E-state index contributed by atoms with van der Waals surface area (Å²) in [5.74, 6) is -0.394. The summed E-state index contributed by atoms with van der Waals surface area (Å²) >= 11 is 0. The molecule has 154 valence electrons. The number of nitrogens with zero attached hydrogens (tertiary/aromatic N) is 1. The second-order valence-corrected chi connectivity index (χ2v) is 9.05. The average molecular weight is 403 g/mol. The minimum absolute atomic E-state index is 0. The van der Waals surface area contributed by atoms with Crippen LogP contribution in [-0.2, 0) is 9.59 Å². The zero-order valence-electron chi connectivity index (χ0n) is 16.2. The number of imide groups is 1. The Kier molecular flexibility index (Phi) is 6.44. The molecule has 3 rings (SSSR count). The van der Waals surface area contributed by atoms with Crippen LogP contribution in [0.15, 0.2) is 0 Å². The smallest absolute Gasteiger partial charge is 0.325 e. The highest BCUT2D eigenvalue weighted by Crippen LogP contribution is 2.46. The summed E-state index contributed by atoms with van der Waals surface area (Å²) in [5.41, 5.74) is -0.922. The Morgan fingerprint density at radius 1 is 1.30 bits per heavy atom. The van der Waals surface area contributed by atoms with Gasteiger partial charge >= 0.3 is 6.03 Å². The fraction of sp³-hybridized carbons (Fsp3) is 0.833. The van der Waals surface area contributed by atoms with Crippen LogP contribution >= 0.6 is 12.4 Å². The molecule has 9 heteroatoms. The zero-order valence-corrected chi connectivity index (χ0v) is 17.0. The molecule has 3 fully saturated rings. The van der Waals surface area contributed by atoms with Gasteiger partial charge in [-0.1, -0.05) is 20.8 Å². The predicted octanol–water partition coefficient (Wildman–Crippen LogP) is 0.242. The Balaban J connectivity index is 0.00000261. The Labute approximate surface area is 166 Å². The van der Waals surface area contributed by atoms with Gasteiger partial charge in [0.2, 0.25) is 5.91 Å². The maximum absolute atomic E-state index is 13.0. The Bertz CT molecular complexity index is 614. The quantitative estimate of drug-likeness (QED) is 0.503. The molecule has 0 aromatic carbocycles. The van der Waals surface area contributed by atoms with Gasteiger partial charge in [-0.3, -0.25) is 14.5 Å². The molecular weight excluding hydrogens is 372 g/mol. The predicted molar refractivity (Wildman–Crippen MR) is 102 cm³/mol. The highest BCUT2D eigenvalue weighted by atomic mass is 35.5. The van der Waals surface area contributed by atoms with Crippen molar-refractivity contribution in [2.24, 2.45) is 17.3 Å². The first-order valence-corrected chi connectivity index (χ1v) is 9.41. The van der Waals surface area contributed by atoms with Gasteiger partial charge in [-0.25, -0.2) is 4.79 Å². The summed E-state index contributed by atoms with van der Waals surface area (Å²) in [7, 11) is 0. The third kappa shape index (κ3) is 4.55. The maximum atomic E-state index is 13.0. The second kappa shape index (κ2) is 7.93. The van der Waals surface area contributed by atoms with Crippen molar-refractivity contribution in [1.82, 2.24) is 20.9 Å². The molecule has 4 N–H and O–H groups in total. The van der Waals surface area contributed by atoms with Crippen LogP contribution in [0.3, 0.4) is 0 Å². The van der Waals surface area contributed by atoms with Crippen molar-refractivity contribution in [3.63, 3.8) is 0 Å². The summed E-state index contributed by atoms with van der Waals surface area (Å²) < 4.78 is 0. The fourth-order valence-electron chi connectivity index (χ4n) is 5.02. The van der Waals surface area contributed by atoms with Crippen LogP contribution in [-0.4, -0.2) is 65.7 Å². The van der Waals surface area contributed by atoms with E-state index in [9.17, 15) is 19.5 Å². The molecule has 2 saturated heterocycles. The number of hydrogen-bond acceptors (Lipinski definition) is 5. The molecule has 0 radical (unpaired) electrons. The number of hydrogen-bond donors (Lipinski definition) is 4. The van der Waals surface area contributed by atoms with Gasteiger partial charge < -0.3 is 21.1 Å². The topological polar surface area (TPSA) is 111 Å². The molecule has 1 aliphatic carbocycles. The molecular formula is C18H31ClN4O4. The van der Waals surface area contributed by atoms with Crippen molar-refractivity contribution in [1.29, 1.82) is 0 Å². The number of halogens is 1. The molecule has 1 saturated carbocycles. The van der Waals surface area contributed by atoms with E-state index in [-0.39, 0.29) is 42.1 Å². The lowest BCUT2D eigenvalue weighted by molar-refractivity contribution is -0.137. The lowest BCUT2D eigenvalue weighted by atomic mass is 9.64. The van der Waals surface area contributed by atoms with E-state index in [0.717, 1.165) is 11.3 Å². The van der Waals surface area contributed by atoms with E-state index >= 15 is 0 Å². The van der Waals surface area contributed by atoms with Crippen molar-refractivity contribution >= 4 is 30.3 Å². The van der Waals surface area contributed by atoms with E-state index in [4.69, 9.17) is 0 Å². The number of aliphatic hydroxyl groups is 1. The molecule has 0 aromatic rings. The van der Waals surface area contributed by atoms with Crippen LogP contribution in [0.4, 0.5) is 4.79 Å². The summed E-state index contributed by atoms with van der Waals surface area (Å²) in [5, 5.41) is 18.4. The van der Waals surface area contributed by atoms with E-state index in [1.165, 1.54) is 0 Å². The van der Waals surface area contributed by atoms with Crippen LogP contribution in [0.5, 0.6) is 0 Å². The van der Waals surface area contributed by atoms with Crippen LogP contribution in [0.2, 0.25) is 0 Å². The van der Waals surface area contributed by atoms with Crippen molar-refractivity contribution in [2.75, 3.05) is 26.2 Å². The molecule has 0 bridgehead atoms. The van der Waals surface area contributed by atoms with Gasteiger partial charge in [-0.15, -0.1) is 12.4 Å². The molecule has 27 heavy (non-hydrogen) atoms. The average Bonchev–Trinajstić information content (AvgIpc) is 3.00. The minimum Gasteiger partial charge on any atom is -0.391 e. The molecule has 2 heterocycles. The highest BCUT2D eigenvalue weighted by Gasteiger charge is 2.56. The molecule has 1 spiro atoms. The van der Waals surface area contributed by atoms with Gasteiger partial charge in [-0.2, -0.15) is 0 Å². The summed E-state index contributed by atoms with van der Waals surface area (Å²) in [6.45, 7) is 7.52. The number of aliphatic hydroxyl groups excluding tert-OH is 1. The molecule has 3 aliphatic rings.